The predicted octanol–water partition coefficient (Wildman–Crippen LogP) is 3.35. The van der Waals surface area contributed by atoms with Crippen molar-refractivity contribution in [3.8, 4) is 0 Å². The van der Waals surface area contributed by atoms with Crippen LogP contribution in [0.3, 0.4) is 0 Å². The second kappa shape index (κ2) is 6.27. The van der Waals surface area contributed by atoms with Gasteiger partial charge in [-0.1, -0.05) is 32.9 Å². The van der Waals surface area contributed by atoms with Crippen LogP contribution >= 0.6 is 0 Å². The summed E-state index contributed by atoms with van der Waals surface area (Å²) in [7, 11) is 0. The van der Waals surface area contributed by atoms with Gasteiger partial charge >= 0.3 is 0 Å². The third kappa shape index (κ3) is 3.11. The van der Waals surface area contributed by atoms with E-state index in [1.54, 1.807) is 10.7 Å². The van der Waals surface area contributed by atoms with Crippen molar-refractivity contribution in [3.05, 3.63) is 52.4 Å². The number of aromatic nitrogens is 3. The third-order valence-corrected chi connectivity index (χ3v) is 4.92. The summed E-state index contributed by atoms with van der Waals surface area (Å²) < 4.78 is 7.52. The summed E-state index contributed by atoms with van der Waals surface area (Å²) in [6.07, 6.45) is 2.05. The van der Waals surface area contributed by atoms with Gasteiger partial charge in [0.15, 0.2) is 5.58 Å². The molecule has 136 valence electrons. The van der Waals surface area contributed by atoms with Crippen molar-refractivity contribution >= 4 is 17.1 Å². The maximum atomic E-state index is 12.3. The molecule has 0 spiro atoms. The molecule has 0 amide bonds. The Labute approximate surface area is 152 Å². The second-order valence-corrected chi connectivity index (χ2v) is 7.94. The smallest absolute Gasteiger partial charge is 0.298 e. The van der Waals surface area contributed by atoms with Crippen molar-refractivity contribution in [2.75, 3.05) is 11.4 Å². The molecule has 4 rings (SSSR count). The summed E-state index contributed by atoms with van der Waals surface area (Å²) in [5.74, 6) is 0. The van der Waals surface area contributed by atoms with Gasteiger partial charge in [0.25, 0.3) is 11.6 Å². The molecule has 0 saturated carbocycles. The summed E-state index contributed by atoms with van der Waals surface area (Å²) in [4.78, 5) is 19.1. The fraction of sp³-hybridized carbons (Fsp3) is 0.450. The Morgan fingerprint density at radius 2 is 2.00 bits per heavy atom. The van der Waals surface area contributed by atoms with Gasteiger partial charge in [0.05, 0.1) is 18.3 Å². The highest BCUT2D eigenvalue weighted by Gasteiger charge is 2.29. The lowest BCUT2D eigenvalue weighted by Gasteiger charge is -2.24. The average Bonchev–Trinajstić information content (AvgIpc) is 3.21. The molecule has 26 heavy (non-hydrogen) atoms. The molecular weight excluding hydrogens is 328 g/mol. The number of nitrogens with zero attached hydrogens (tertiary/aromatic N) is 4. The van der Waals surface area contributed by atoms with Gasteiger partial charge in [-0.05, 0) is 31.0 Å². The van der Waals surface area contributed by atoms with Gasteiger partial charge in [0.2, 0.25) is 0 Å². The van der Waals surface area contributed by atoms with Crippen molar-refractivity contribution in [1.29, 1.82) is 0 Å². The van der Waals surface area contributed by atoms with E-state index in [0.717, 1.165) is 36.2 Å². The second-order valence-electron chi connectivity index (χ2n) is 7.94. The molecule has 6 nitrogen and oxygen atoms in total. The first-order chi connectivity index (χ1) is 12.4. The first kappa shape index (κ1) is 16.8. The highest BCUT2D eigenvalue weighted by molar-refractivity contribution is 5.74. The van der Waals surface area contributed by atoms with Gasteiger partial charge < -0.3 is 9.32 Å². The standard InChI is InChI=1S/C20H24N4O2/c1-20(2,3)17-10-11-18(25)24(22-17)13-14-7-6-12-23(14)19-21-15-8-4-5-9-16(15)26-19/h4-5,8-11,14H,6-7,12-13H2,1-3H3. The van der Waals surface area contributed by atoms with Crippen molar-refractivity contribution in [2.24, 2.45) is 0 Å². The van der Waals surface area contributed by atoms with Gasteiger partial charge in [0.1, 0.15) is 5.52 Å². The molecule has 0 N–H and O–H groups in total. The molecule has 1 aliphatic rings. The lowest BCUT2D eigenvalue weighted by atomic mass is 9.92. The van der Waals surface area contributed by atoms with E-state index in [2.05, 4.69) is 35.8 Å². The fourth-order valence-electron chi connectivity index (χ4n) is 3.44. The van der Waals surface area contributed by atoms with Crippen LogP contribution < -0.4 is 10.5 Å². The highest BCUT2D eigenvalue weighted by Crippen LogP contribution is 2.29. The molecule has 0 aliphatic carbocycles. The minimum absolute atomic E-state index is 0.0672. The summed E-state index contributed by atoms with van der Waals surface area (Å²) in [6.45, 7) is 7.73. The van der Waals surface area contributed by atoms with Crippen LogP contribution in [0.25, 0.3) is 11.1 Å². The number of fused-ring (bicyclic) bond motifs is 1. The summed E-state index contributed by atoms with van der Waals surface area (Å²) in [5.41, 5.74) is 2.41. The van der Waals surface area contributed by atoms with Crippen LogP contribution in [-0.2, 0) is 12.0 Å². The van der Waals surface area contributed by atoms with E-state index in [1.807, 2.05) is 30.3 Å². The van der Waals surface area contributed by atoms with E-state index in [0.29, 0.717) is 12.6 Å². The zero-order valence-electron chi connectivity index (χ0n) is 15.5. The molecule has 1 saturated heterocycles. The third-order valence-electron chi connectivity index (χ3n) is 4.92. The number of hydrogen-bond acceptors (Lipinski definition) is 5. The molecular formula is C20H24N4O2. The van der Waals surface area contributed by atoms with E-state index in [9.17, 15) is 4.79 Å². The molecule has 0 bridgehead atoms. The van der Waals surface area contributed by atoms with Crippen LogP contribution in [0.5, 0.6) is 0 Å². The number of rotatable bonds is 3. The molecule has 1 aromatic carbocycles. The zero-order chi connectivity index (χ0) is 18.3. The van der Waals surface area contributed by atoms with Crippen LogP contribution in [0.4, 0.5) is 6.01 Å². The largest absolute Gasteiger partial charge is 0.423 e. The van der Waals surface area contributed by atoms with Crippen molar-refractivity contribution < 1.29 is 4.42 Å². The molecule has 0 radical (unpaired) electrons. The summed E-state index contributed by atoms with van der Waals surface area (Å²) in [6, 6.07) is 12.0. The van der Waals surface area contributed by atoms with Crippen LogP contribution in [-0.4, -0.2) is 27.4 Å². The Hall–Kier alpha value is -2.63. The van der Waals surface area contributed by atoms with E-state index >= 15 is 0 Å². The predicted molar refractivity (Wildman–Crippen MR) is 102 cm³/mol. The minimum atomic E-state index is -0.0922. The highest BCUT2D eigenvalue weighted by atomic mass is 16.4. The van der Waals surface area contributed by atoms with Crippen molar-refractivity contribution in [1.82, 2.24) is 14.8 Å². The van der Waals surface area contributed by atoms with Crippen molar-refractivity contribution in [2.45, 2.75) is 51.6 Å². The number of hydrogen-bond donors (Lipinski definition) is 0. The Morgan fingerprint density at radius 3 is 2.77 bits per heavy atom. The van der Waals surface area contributed by atoms with E-state index in [-0.39, 0.29) is 17.0 Å². The molecule has 1 fully saturated rings. The zero-order valence-corrected chi connectivity index (χ0v) is 15.5. The Kier molecular flexibility index (Phi) is 4.05. The van der Waals surface area contributed by atoms with Crippen LogP contribution in [0.15, 0.2) is 45.6 Å². The van der Waals surface area contributed by atoms with Crippen molar-refractivity contribution in [3.63, 3.8) is 0 Å². The van der Waals surface area contributed by atoms with Gasteiger partial charge in [-0.15, -0.1) is 0 Å². The maximum absolute atomic E-state index is 12.3. The van der Waals surface area contributed by atoms with Crippen LogP contribution in [0.2, 0.25) is 0 Å². The molecule has 6 heteroatoms. The van der Waals surface area contributed by atoms with Crippen LogP contribution in [0.1, 0.15) is 39.3 Å². The van der Waals surface area contributed by atoms with Crippen LogP contribution in [0, 0.1) is 0 Å². The maximum Gasteiger partial charge on any atom is 0.298 e. The van der Waals surface area contributed by atoms with Gasteiger partial charge in [-0.2, -0.15) is 10.1 Å². The first-order valence-corrected chi connectivity index (χ1v) is 9.13. The van der Waals surface area contributed by atoms with Gasteiger partial charge in [-0.3, -0.25) is 4.79 Å². The molecule has 2 aromatic heterocycles. The number of para-hydroxylation sites is 2. The molecule has 3 heterocycles. The number of anilines is 1. The molecule has 1 aliphatic heterocycles. The van der Waals surface area contributed by atoms with Gasteiger partial charge in [0, 0.05) is 18.0 Å². The molecule has 1 unspecified atom stereocenters. The number of benzene rings is 1. The van der Waals surface area contributed by atoms with E-state index < -0.39 is 0 Å². The van der Waals surface area contributed by atoms with Gasteiger partial charge in [-0.25, -0.2) is 4.68 Å². The quantitative estimate of drug-likeness (QED) is 0.723. The topological polar surface area (TPSA) is 64.2 Å². The Balaban J connectivity index is 1.62. The summed E-state index contributed by atoms with van der Waals surface area (Å²) >= 11 is 0. The minimum Gasteiger partial charge on any atom is -0.423 e. The van der Waals surface area contributed by atoms with E-state index in [1.165, 1.54) is 0 Å². The normalized spacial score (nSPS) is 18.0. The molecule has 3 aromatic rings. The Bertz CT molecular complexity index is 950. The average molecular weight is 352 g/mol. The Morgan fingerprint density at radius 1 is 1.19 bits per heavy atom. The molecule has 1 atom stereocenters. The summed E-state index contributed by atoms with van der Waals surface area (Å²) in [5, 5.41) is 4.60. The fourth-order valence-corrected chi connectivity index (χ4v) is 3.44. The lowest BCUT2D eigenvalue weighted by molar-refractivity contribution is 0.444. The van der Waals surface area contributed by atoms with E-state index in [4.69, 9.17) is 4.42 Å². The monoisotopic (exact) mass is 352 g/mol. The lowest BCUT2D eigenvalue weighted by Crippen LogP contribution is -2.38. The SMILES string of the molecule is CC(C)(C)c1ccc(=O)n(CC2CCCN2c2nc3ccccc3o2)n1. The first-order valence-electron chi connectivity index (χ1n) is 9.13. The number of oxazole rings is 1.